The Labute approximate surface area is 193 Å². The highest BCUT2D eigenvalue weighted by atomic mass is 32.1. The molecule has 6 rings (SSSR count). The van der Waals surface area contributed by atoms with E-state index in [2.05, 4.69) is 36.9 Å². The molecule has 0 radical (unpaired) electrons. The maximum absolute atomic E-state index is 9.15. The lowest BCUT2D eigenvalue weighted by atomic mass is 10.1. The van der Waals surface area contributed by atoms with E-state index in [1.54, 1.807) is 22.0 Å². The first-order chi connectivity index (χ1) is 16.3. The molecule has 0 amide bonds. The van der Waals surface area contributed by atoms with Crippen LogP contribution in [0.1, 0.15) is 5.56 Å². The zero-order valence-electron chi connectivity index (χ0n) is 17.7. The van der Waals surface area contributed by atoms with Crippen molar-refractivity contribution in [2.75, 3.05) is 49.6 Å². The van der Waals surface area contributed by atoms with E-state index in [4.69, 9.17) is 15.0 Å². The minimum absolute atomic E-state index is 0.250. The van der Waals surface area contributed by atoms with E-state index >= 15 is 0 Å². The van der Waals surface area contributed by atoms with Crippen molar-refractivity contribution in [3.63, 3.8) is 0 Å². The Balaban J connectivity index is 1.38. The molecular formula is C22H21N9OS. The van der Waals surface area contributed by atoms with Gasteiger partial charge in [-0.2, -0.15) is 10.4 Å². The maximum Gasteiger partial charge on any atom is 0.208 e. The molecule has 2 aliphatic heterocycles. The third kappa shape index (κ3) is 3.78. The monoisotopic (exact) mass is 459 g/mol. The van der Waals surface area contributed by atoms with Crippen LogP contribution in [-0.4, -0.2) is 70.2 Å². The van der Waals surface area contributed by atoms with Gasteiger partial charge in [0.2, 0.25) is 5.13 Å². The first-order valence-corrected chi connectivity index (χ1v) is 11.6. The molecule has 2 N–H and O–H groups in total. The zero-order valence-corrected chi connectivity index (χ0v) is 18.5. The summed E-state index contributed by atoms with van der Waals surface area (Å²) >= 11 is 1.59. The number of hydrogen-bond donors (Lipinski definition) is 2. The van der Waals surface area contributed by atoms with Crippen molar-refractivity contribution < 1.29 is 4.74 Å². The summed E-state index contributed by atoms with van der Waals surface area (Å²) in [7, 11) is 0. The molecule has 0 atom stereocenters. The van der Waals surface area contributed by atoms with Gasteiger partial charge < -0.3 is 20.3 Å². The highest BCUT2D eigenvalue weighted by Gasteiger charge is 2.23. The molecule has 2 aliphatic rings. The van der Waals surface area contributed by atoms with Gasteiger partial charge in [-0.1, -0.05) is 11.3 Å². The van der Waals surface area contributed by atoms with Gasteiger partial charge in [0.05, 0.1) is 53.5 Å². The topological polar surface area (TPSA) is 116 Å². The van der Waals surface area contributed by atoms with Gasteiger partial charge in [0.25, 0.3) is 0 Å². The van der Waals surface area contributed by atoms with Gasteiger partial charge >= 0.3 is 0 Å². The second-order valence-electron chi connectivity index (χ2n) is 8.03. The van der Waals surface area contributed by atoms with E-state index in [0.29, 0.717) is 18.8 Å². The first-order valence-electron chi connectivity index (χ1n) is 10.8. The highest BCUT2D eigenvalue weighted by Crippen LogP contribution is 2.36. The molecule has 4 aromatic rings. The molecule has 0 aromatic carbocycles. The van der Waals surface area contributed by atoms with Crippen LogP contribution in [0.3, 0.4) is 0 Å². The Morgan fingerprint density at radius 1 is 1.15 bits per heavy atom. The molecule has 4 aromatic heterocycles. The zero-order chi connectivity index (χ0) is 22.2. The number of pyridine rings is 1. The Kier molecular flexibility index (Phi) is 5.10. The summed E-state index contributed by atoms with van der Waals surface area (Å²) in [5.41, 5.74) is 4.88. The van der Waals surface area contributed by atoms with Crippen molar-refractivity contribution in [1.82, 2.24) is 30.1 Å². The fraction of sp³-hybridized carbons (Fsp3) is 0.318. The van der Waals surface area contributed by atoms with Crippen molar-refractivity contribution in [1.29, 1.82) is 5.26 Å². The van der Waals surface area contributed by atoms with Gasteiger partial charge in [0, 0.05) is 38.1 Å². The molecule has 0 bridgehead atoms. The van der Waals surface area contributed by atoms with Crippen LogP contribution in [0.15, 0.2) is 36.7 Å². The van der Waals surface area contributed by atoms with Crippen LogP contribution in [0.2, 0.25) is 0 Å². The number of hydrogen-bond acceptors (Lipinski definition) is 10. The van der Waals surface area contributed by atoms with Crippen molar-refractivity contribution in [3.05, 3.63) is 42.2 Å². The number of nitriles is 1. The normalized spacial score (nSPS) is 16.5. The van der Waals surface area contributed by atoms with E-state index in [1.165, 1.54) is 0 Å². The van der Waals surface area contributed by atoms with Gasteiger partial charge in [0.1, 0.15) is 6.07 Å². The smallest absolute Gasteiger partial charge is 0.208 e. The van der Waals surface area contributed by atoms with Crippen LogP contribution in [-0.2, 0) is 4.74 Å². The Morgan fingerprint density at radius 2 is 2.03 bits per heavy atom. The molecular weight excluding hydrogens is 438 g/mol. The lowest BCUT2D eigenvalue weighted by Crippen LogP contribution is -2.43. The molecule has 0 aliphatic carbocycles. The third-order valence-corrected chi connectivity index (χ3v) is 6.84. The Bertz CT molecular complexity index is 1350. The summed E-state index contributed by atoms with van der Waals surface area (Å²) in [6, 6.07) is 10.1. The maximum atomic E-state index is 9.15. The minimum Gasteiger partial charge on any atom is -0.377 e. The summed E-state index contributed by atoms with van der Waals surface area (Å²) in [4.78, 5) is 7.01. The number of fused-ring (bicyclic) bond motifs is 1. The van der Waals surface area contributed by atoms with Crippen LogP contribution in [0, 0.1) is 11.3 Å². The van der Waals surface area contributed by atoms with Crippen molar-refractivity contribution in [2.24, 2.45) is 0 Å². The third-order valence-electron chi connectivity index (χ3n) is 5.83. The molecule has 11 heteroatoms. The number of aromatic nitrogens is 5. The Hall–Kier alpha value is -3.59. The summed E-state index contributed by atoms with van der Waals surface area (Å²) in [6.07, 6.45) is 3.41. The van der Waals surface area contributed by atoms with Crippen LogP contribution in [0.5, 0.6) is 0 Å². The molecule has 0 unspecified atom stereocenters. The fourth-order valence-corrected chi connectivity index (χ4v) is 4.91. The van der Waals surface area contributed by atoms with Gasteiger partial charge in [-0.15, -0.1) is 10.2 Å². The summed E-state index contributed by atoms with van der Waals surface area (Å²) < 4.78 is 7.16. The lowest BCUT2D eigenvalue weighted by molar-refractivity contribution is 0.0211. The minimum atomic E-state index is 0.250. The molecule has 10 nitrogen and oxygen atoms in total. The van der Waals surface area contributed by atoms with Gasteiger partial charge in [-0.3, -0.25) is 4.98 Å². The molecule has 2 saturated heterocycles. The second kappa shape index (κ2) is 8.40. The van der Waals surface area contributed by atoms with Crippen LogP contribution in [0.4, 0.5) is 10.8 Å². The number of piperazine rings is 1. The van der Waals surface area contributed by atoms with E-state index in [1.807, 2.05) is 30.5 Å². The summed E-state index contributed by atoms with van der Waals surface area (Å²) in [5, 5.41) is 31.2. The number of rotatable bonds is 5. The van der Waals surface area contributed by atoms with Crippen molar-refractivity contribution in [3.8, 4) is 28.0 Å². The van der Waals surface area contributed by atoms with Crippen LogP contribution < -0.4 is 15.5 Å². The predicted octanol–water partition coefficient (Wildman–Crippen LogP) is 2.01. The number of nitrogens with one attached hydrogen (secondary N) is 2. The second-order valence-corrected chi connectivity index (χ2v) is 8.99. The number of anilines is 2. The number of ether oxygens (including phenoxy) is 1. The van der Waals surface area contributed by atoms with E-state index < -0.39 is 0 Å². The molecule has 33 heavy (non-hydrogen) atoms. The van der Waals surface area contributed by atoms with Gasteiger partial charge in [-0.25, -0.2) is 4.52 Å². The molecule has 0 saturated carbocycles. The first kappa shape index (κ1) is 20.0. The highest BCUT2D eigenvalue weighted by molar-refractivity contribution is 7.18. The molecule has 6 heterocycles. The number of nitrogens with zero attached hydrogens (tertiary/aromatic N) is 7. The average Bonchev–Trinajstić information content (AvgIpc) is 3.49. The van der Waals surface area contributed by atoms with Crippen LogP contribution in [0.25, 0.3) is 27.5 Å². The van der Waals surface area contributed by atoms with E-state index in [0.717, 1.165) is 64.5 Å². The van der Waals surface area contributed by atoms with Crippen molar-refractivity contribution >= 4 is 27.7 Å². The summed E-state index contributed by atoms with van der Waals surface area (Å²) in [6.45, 7) is 5.11. The van der Waals surface area contributed by atoms with E-state index in [-0.39, 0.29) is 6.04 Å². The SMILES string of the molecule is N#Cc1cnn2c(-c3cc(NC4COC4)c(-c4nnc(N5CCNCC5)s4)cn3)ccc2c1. The fourth-order valence-electron chi connectivity index (χ4n) is 3.99. The van der Waals surface area contributed by atoms with Crippen LogP contribution >= 0.6 is 11.3 Å². The largest absolute Gasteiger partial charge is 0.377 e. The quantitative estimate of drug-likeness (QED) is 0.462. The predicted molar refractivity (Wildman–Crippen MR) is 125 cm³/mol. The summed E-state index contributed by atoms with van der Waals surface area (Å²) in [5.74, 6) is 0. The standard InChI is InChI=1S/C22H21N9OS/c23-9-14-7-16-1-2-20(31(16)26-10-14)19-8-18(27-15-12-32-13-15)17(11-25-19)21-28-29-22(33-21)30-5-3-24-4-6-30/h1-2,7-8,10-11,15,24H,3-6,12-13H2,(H,25,27). The van der Waals surface area contributed by atoms with E-state index in [9.17, 15) is 0 Å². The van der Waals surface area contributed by atoms with Gasteiger partial charge in [-0.05, 0) is 24.3 Å². The van der Waals surface area contributed by atoms with Crippen molar-refractivity contribution in [2.45, 2.75) is 6.04 Å². The lowest BCUT2D eigenvalue weighted by Gasteiger charge is -2.28. The molecule has 0 spiro atoms. The van der Waals surface area contributed by atoms with Gasteiger partial charge in [0.15, 0.2) is 5.01 Å². The Morgan fingerprint density at radius 3 is 2.82 bits per heavy atom. The average molecular weight is 460 g/mol. The molecule has 166 valence electrons. The molecule has 2 fully saturated rings.